The van der Waals surface area contributed by atoms with Gasteiger partial charge in [0.05, 0.1) is 7.11 Å². The Bertz CT molecular complexity index is 2150. The van der Waals surface area contributed by atoms with Gasteiger partial charge in [-0.25, -0.2) is 0 Å². The van der Waals surface area contributed by atoms with E-state index in [2.05, 4.69) is 192 Å². The highest BCUT2D eigenvalue weighted by Crippen LogP contribution is 2.57. The summed E-state index contributed by atoms with van der Waals surface area (Å²) in [5.41, 5.74) is 21.0. The van der Waals surface area contributed by atoms with Gasteiger partial charge in [-0.1, -0.05) is 150 Å². The summed E-state index contributed by atoms with van der Waals surface area (Å²) in [5.74, 6) is 0.892. The molecular formula is C54H68NOPS. The fraction of sp³-hybridized carbons (Fsp3) is 0.444. The van der Waals surface area contributed by atoms with Gasteiger partial charge >= 0.3 is 0 Å². The van der Waals surface area contributed by atoms with Gasteiger partial charge in [0.15, 0.2) is 0 Å². The van der Waals surface area contributed by atoms with Crippen LogP contribution in [-0.4, -0.2) is 12.1 Å². The van der Waals surface area contributed by atoms with E-state index in [4.69, 9.17) is 10.5 Å². The zero-order valence-corrected chi connectivity index (χ0v) is 39.4. The van der Waals surface area contributed by atoms with E-state index in [1.54, 1.807) is 12.7 Å². The van der Waals surface area contributed by atoms with E-state index in [-0.39, 0.29) is 32.1 Å². The zero-order valence-electron chi connectivity index (χ0n) is 37.7. The average Bonchev–Trinajstić information content (AvgIpc) is 3.72. The highest BCUT2D eigenvalue weighted by molar-refractivity contribution is 8.07. The minimum absolute atomic E-state index is 0.00188. The van der Waals surface area contributed by atoms with Crippen LogP contribution in [0.25, 0.3) is 0 Å². The first kappa shape index (κ1) is 42.6. The van der Waals surface area contributed by atoms with Crippen LogP contribution in [0.15, 0.2) is 102 Å². The van der Waals surface area contributed by atoms with Crippen LogP contribution >= 0.6 is 19.7 Å². The number of nitrogen functional groups attached to an aromatic ring is 1. The zero-order chi connectivity index (χ0) is 42.0. The molecule has 0 amide bonds. The van der Waals surface area contributed by atoms with E-state index in [9.17, 15) is 0 Å². The van der Waals surface area contributed by atoms with Crippen molar-refractivity contribution >= 4 is 36.0 Å². The molecule has 0 saturated carbocycles. The first-order valence-corrected chi connectivity index (χ1v) is 23.8. The normalized spacial score (nSPS) is 17.5. The predicted octanol–water partition coefficient (Wildman–Crippen LogP) is 13.4. The van der Waals surface area contributed by atoms with Crippen molar-refractivity contribution in [2.24, 2.45) is 0 Å². The number of ether oxygens (including phenoxy) is 1. The molecule has 5 aromatic rings. The van der Waals surface area contributed by atoms with Gasteiger partial charge in [-0.2, -0.15) is 0 Å². The number of methoxy groups -OCH3 is 1. The van der Waals surface area contributed by atoms with Gasteiger partial charge in [0, 0.05) is 21.0 Å². The van der Waals surface area contributed by atoms with Crippen LogP contribution in [0.4, 0.5) is 5.69 Å². The minimum Gasteiger partial charge on any atom is -0.497 e. The number of benzene rings is 5. The Labute approximate surface area is 356 Å². The van der Waals surface area contributed by atoms with Gasteiger partial charge in [0.25, 0.3) is 0 Å². The Hall–Kier alpha value is -3.52. The highest BCUT2D eigenvalue weighted by Gasteiger charge is 2.47. The van der Waals surface area contributed by atoms with Gasteiger partial charge in [0.2, 0.25) is 0 Å². The summed E-state index contributed by atoms with van der Waals surface area (Å²) in [7, 11) is 0.849. The summed E-state index contributed by atoms with van der Waals surface area (Å²) in [6.07, 6.45) is 5.43. The number of aryl methyl sites for hydroxylation is 2. The van der Waals surface area contributed by atoms with Crippen LogP contribution in [0.2, 0.25) is 0 Å². The van der Waals surface area contributed by atoms with Gasteiger partial charge in [-0.05, 0) is 153 Å². The molecule has 1 unspecified atom stereocenters. The fourth-order valence-electron chi connectivity index (χ4n) is 9.40. The molecule has 0 aliphatic heterocycles. The second-order valence-electron chi connectivity index (χ2n) is 21.3. The van der Waals surface area contributed by atoms with E-state index >= 15 is 0 Å². The third-order valence-electron chi connectivity index (χ3n) is 12.9. The monoisotopic (exact) mass is 809 g/mol. The summed E-state index contributed by atoms with van der Waals surface area (Å²) in [6, 6.07) is 38.0. The van der Waals surface area contributed by atoms with Crippen LogP contribution < -0.4 is 21.1 Å². The van der Waals surface area contributed by atoms with Crippen LogP contribution in [0, 0.1) is 0 Å². The third-order valence-corrected chi connectivity index (χ3v) is 17.2. The summed E-state index contributed by atoms with van der Waals surface area (Å²) in [5, 5.41) is 2.95. The molecule has 2 aliphatic rings. The van der Waals surface area contributed by atoms with Crippen LogP contribution in [0.5, 0.6) is 5.75 Å². The van der Waals surface area contributed by atoms with Crippen LogP contribution in [-0.2, 0) is 46.3 Å². The number of hydrogen-bond donors (Lipinski definition) is 1. The standard InChI is InChI=1S/C54H68NOPS/c1-50(2,3)38-29-39(51(4,5)6)32-43(31-38)57(44-33-40(52(7,8)9)30-41(34-44)53(10,11)12)47(58-45-22-20-42(56-13)21-23-45)28-37-18-14-16-35-24-26-54(48(35)37)27-25-36-17-15-19-46(55)49(36)54/h14-23,29-34,47H,24-28,55H2,1-13H3/t47?,54-/m1/s1. The Morgan fingerprint density at radius 1 is 0.603 bits per heavy atom. The Morgan fingerprint density at radius 2 is 1.05 bits per heavy atom. The van der Waals surface area contributed by atoms with Gasteiger partial charge in [-0.15, -0.1) is 11.8 Å². The summed E-state index contributed by atoms with van der Waals surface area (Å²) in [6.45, 7) is 28.5. The fourth-order valence-corrected chi connectivity index (χ4v) is 14.2. The Balaban J connectivity index is 1.52. The molecular weight excluding hydrogens is 742 g/mol. The molecule has 306 valence electrons. The molecule has 0 radical (unpaired) electrons. The topological polar surface area (TPSA) is 35.2 Å². The molecule has 2 atom stereocenters. The Kier molecular flexibility index (Phi) is 11.4. The number of hydrogen-bond acceptors (Lipinski definition) is 3. The second-order valence-corrected chi connectivity index (χ2v) is 25.3. The Morgan fingerprint density at radius 3 is 1.50 bits per heavy atom. The van der Waals surface area contributed by atoms with Crippen molar-refractivity contribution in [3.05, 3.63) is 147 Å². The van der Waals surface area contributed by atoms with Crippen molar-refractivity contribution in [2.75, 3.05) is 12.8 Å². The molecule has 2 aliphatic carbocycles. The lowest BCUT2D eigenvalue weighted by atomic mass is 9.74. The van der Waals surface area contributed by atoms with E-state index in [1.807, 2.05) is 0 Å². The van der Waals surface area contributed by atoms with Gasteiger partial charge in [0.1, 0.15) is 5.75 Å². The molecule has 0 fully saturated rings. The van der Waals surface area contributed by atoms with Gasteiger partial charge < -0.3 is 10.5 Å². The van der Waals surface area contributed by atoms with Crippen molar-refractivity contribution in [1.29, 1.82) is 0 Å². The molecule has 2 nitrogen and oxygen atoms in total. The largest absolute Gasteiger partial charge is 0.497 e. The predicted molar refractivity (Wildman–Crippen MR) is 255 cm³/mol. The minimum atomic E-state index is -0.909. The number of thioether (sulfide) groups is 1. The second kappa shape index (κ2) is 15.5. The summed E-state index contributed by atoms with van der Waals surface area (Å²) >= 11 is 2.07. The van der Waals surface area contributed by atoms with E-state index < -0.39 is 7.92 Å². The smallest absolute Gasteiger partial charge is 0.118 e. The number of fused-ring (bicyclic) bond motifs is 4. The molecule has 0 saturated heterocycles. The first-order valence-electron chi connectivity index (χ1n) is 21.5. The first-order chi connectivity index (χ1) is 27.1. The lowest BCUT2D eigenvalue weighted by Gasteiger charge is -2.35. The number of nitrogens with two attached hydrogens (primary N) is 1. The molecule has 58 heavy (non-hydrogen) atoms. The highest BCUT2D eigenvalue weighted by atomic mass is 32.2. The van der Waals surface area contributed by atoms with Crippen molar-refractivity contribution in [3.8, 4) is 5.75 Å². The van der Waals surface area contributed by atoms with Gasteiger partial charge in [-0.3, -0.25) is 0 Å². The molecule has 2 N–H and O–H groups in total. The molecule has 5 aromatic carbocycles. The molecule has 7 rings (SSSR count). The van der Waals surface area contributed by atoms with Crippen molar-refractivity contribution in [3.63, 3.8) is 0 Å². The third kappa shape index (κ3) is 8.43. The average molecular weight is 810 g/mol. The molecule has 4 heteroatoms. The maximum absolute atomic E-state index is 6.95. The van der Waals surface area contributed by atoms with E-state index in [0.29, 0.717) is 0 Å². The lowest BCUT2D eigenvalue weighted by molar-refractivity contribution is 0.414. The quantitative estimate of drug-likeness (QED) is 0.0963. The summed E-state index contributed by atoms with van der Waals surface area (Å²) in [4.78, 5) is 1.52. The van der Waals surface area contributed by atoms with Crippen molar-refractivity contribution in [2.45, 2.75) is 152 Å². The number of anilines is 1. The van der Waals surface area contributed by atoms with Crippen LogP contribution in [0.3, 0.4) is 0 Å². The van der Waals surface area contributed by atoms with E-state index in [0.717, 1.165) is 43.5 Å². The maximum atomic E-state index is 6.95. The molecule has 0 heterocycles. The number of rotatable bonds is 8. The van der Waals surface area contributed by atoms with Crippen molar-refractivity contribution in [1.82, 2.24) is 0 Å². The van der Waals surface area contributed by atoms with Crippen LogP contribution in [0.1, 0.15) is 146 Å². The summed E-state index contributed by atoms with van der Waals surface area (Å²) < 4.78 is 5.66. The SMILES string of the molecule is COc1ccc(SC(Cc2cccc3c2[C@]2(CCc4cccc(N)c42)CC3)P(c2cc(C(C)(C)C)cc(C(C)(C)C)c2)c2cc(C(C)(C)C)cc(C(C)(C)C)c2)cc1. The van der Waals surface area contributed by atoms with Crippen molar-refractivity contribution < 1.29 is 4.74 Å². The molecule has 1 spiro atoms. The molecule has 0 aromatic heterocycles. The maximum Gasteiger partial charge on any atom is 0.118 e. The lowest BCUT2D eigenvalue weighted by Crippen LogP contribution is -2.29. The molecule has 0 bridgehead atoms. The van der Waals surface area contributed by atoms with E-state index in [1.165, 1.54) is 60.0 Å².